The van der Waals surface area contributed by atoms with E-state index in [1.807, 2.05) is 0 Å². The lowest BCUT2D eigenvalue weighted by Crippen LogP contribution is -2.44. The first-order chi connectivity index (χ1) is 9.60. The van der Waals surface area contributed by atoms with Gasteiger partial charge < -0.3 is 15.4 Å². The molecule has 0 aromatic carbocycles. The summed E-state index contributed by atoms with van der Waals surface area (Å²) >= 11 is 0. The lowest BCUT2D eigenvalue weighted by atomic mass is 9.95. The van der Waals surface area contributed by atoms with E-state index < -0.39 is 0 Å². The Morgan fingerprint density at radius 1 is 1.55 bits per heavy atom. The van der Waals surface area contributed by atoms with Crippen LogP contribution in [-0.2, 0) is 4.74 Å². The van der Waals surface area contributed by atoms with Gasteiger partial charge in [-0.25, -0.2) is 4.39 Å². The summed E-state index contributed by atoms with van der Waals surface area (Å²) < 4.78 is 18.3. The van der Waals surface area contributed by atoms with Crippen molar-refractivity contribution < 1.29 is 9.13 Å². The molecule has 3 unspecified atom stereocenters. The van der Waals surface area contributed by atoms with Gasteiger partial charge in [-0.1, -0.05) is 6.92 Å². The highest BCUT2D eigenvalue weighted by Crippen LogP contribution is 2.20. The minimum atomic E-state index is -0.325. The monoisotopic (exact) mass is 281 g/mol. The topological polar surface area (TPSA) is 51.4 Å². The van der Waals surface area contributed by atoms with Crippen LogP contribution in [0.25, 0.3) is 0 Å². The molecule has 0 aliphatic carbocycles. The maximum absolute atomic E-state index is 12.8. The highest BCUT2D eigenvalue weighted by atomic mass is 19.1. The molecule has 20 heavy (non-hydrogen) atoms. The Morgan fingerprint density at radius 3 is 3.00 bits per heavy atom. The van der Waals surface area contributed by atoms with Crippen LogP contribution in [0.4, 0.5) is 4.39 Å². The molecule has 4 nitrogen and oxygen atoms in total. The predicted molar refractivity (Wildman–Crippen MR) is 76.8 cm³/mol. The minimum absolute atomic E-state index is 0.143. The lowest BCUT2D eigenvalue weighted by Gasteiger charge is -2.36. The van der Waals surface area contributed by atoms with E-state index in [9.17, 15) is 4.39 Å². The number of ether oxygens (including phenoxy) is 1. The fraction of sp³-hybridized carbons (Fsp3) is 0.667. The maximum atomic E-state index is 12.8. The van der Waals surface area contributed by atoms with Crippen LogP contribution in [0, 0.1) is 11.7 Å². The second kappa shape index (κ2) is 7.11. The van der Waals surface area contributed by atoms with Crippen molar-refractivity contribution in [2.75, 3.05) is 26.7 Å². The molecule has 5 heteroatoms. The molecule has 0 radical (unpaired) electrons. The number of piperidine rings is 1. The van der Waals surface area contributed by atoms with Crippen LogP contribution in [0.2, 0.25) is 0 Å². The summed E-state index contributed by atoms with van der Waals surface area (Å²) in [5.41, 5.74) is 6.86. The van der Waals surface area contributed by atoms with Crippen LogP contribution in [-0.4, -0.2) is 42.7 Å². The molecular weight excluding hydrogens is 257 g/mol. The molecule has 2 heterocycles. The number of hydrogen-bond donors (Lipinski definition) is 1. The Kier molecular flexibility index (Phi) is 5.46. The van der Waals surface area contributed by atoms with Gasteiger partial charge in [0.05, 0.1) is 18.0 Å². The van der Waals surface area contributed by atoms with Crippen LogP contribution in [0.3, 0.4) is 0 Å². The van der Waals surface area contributed by atoms with Gasteiger partial charge in [0.15, 0.2) is 0 Å². The van der Waals surface area contributed by atoms with Gasteiger partial charge in [-0.2, -0.15) is 0 Å². The van der Waals surface area contributed by atoms with E-state index in [2.05, 4.69) is 16.8 Å². The third kappa shape index (κ3) is 3.98. The molecule has 2 N–H and O–H groups in total. The molecular formula is C15H24FN3O. The van der Waals surface area contributed by atoms with E-state index >= 15 is 0 Å². The summed E-state index contributed by atoms with van der Waals surface area (Å²) in [5, 5.41) is 0. The zero-order valence-corrected chi connectivity index (χ0v) is 12.3. The van der Waals surface area contributed by atoms with Gasteiger partial charge in [-0.3, -0.25) is 4.98 Å². The zero-order valence-electron chi connectivity index (χ0n) is 12.3. The van der Waals surface area contributed by atoms with Crippen molar-refractivity contribution in [1.29, 1.82) is 0 Å². The Morgan fingerprint density at radius 2 is 2.35 bits per heavy atom. The van der Waals surface area contributed by atoms with Crippen molar-refractivity contribution in [3.8, 4) is 0 Å². The summed E-state index contributed by atoms with van der Waals surface area (Å²) in [4.78, 5) is 6.43. The van der Waals surface area contributed by atoms with Gasteiger partial charge in [0, 0.05) is 26.2 Å². The first-order valence-corrected chi connectivity index (χ1v) is 7.22. The standard InChI is InChI=1S/C15H24FN3O/c1-11-5-7-19(10-15(11)20-2)8-6-13(17)14-4-3-12(16)9-18-14/h3-4,9,11,13,15H,5-8,10,17H2,1-2H3. The molecule has 1 saturated heterocycles. The SMILES string of the molecule is COC1CN(CCC(N)c2ccc(F)cn2)CCC1C. The number of likely N-dealkylation sites (tertiary alicyclic amines) is 1. The number of halogens is 1. The summed E-state index contributed by atoms with van der Waals surface area (Å²) in [6, 6.07) is 2.93. The third-order valence-corrected chi connectivity index (χ3v) is 4.16. The van der Waals surface area contributed by atoms with Crippen molar-refractivity contribution in [2.24, 2.45) is 11.7 Å². The van der Waals surface area contributed by atoms with Crippen LogP contribution in [0.5, 0.6) is 0 Å². The molecule has 1 fully saturated rings. The number of rotatable bonds is 5. The molecule has 0 amide bonds. The van der Waals surface area contributed by atoms with Gasteiger partial charge in [0.1, 0.15) is 5.82 Å². The van der Waals surface area contributed by atoms with Crippen molar-refractivity contribution in [2.45, 2.75) is 31.9 Å². The molecule has 112 valence electrons. The van der Waals surface area contributed by atoms with E-state index in [1.54, 1.807) is 13.2 Å². The smallest absolute Gasteiger partial charge is 0.141 e. The number of aromatic nitrogens is 1. The molecule has 0 bridgehead atoms. The van der Waals surface area contributed by atoms with Gasteiger partial charge in [-0.05, 0) is 37.4 Å². The highest BCUT2D eigenvalue weighted by Gasteiger charge is 2.26. The normalized spacial score (nSPS) is 25.6. The van der Waals surface area contributed by atoms with Crippen molar-refractivity contribution in [3.05, 3.63) is 29.8 Å². The first kappa shape index (κ1) is 15.4. The average molecular weight is 281 g/mol. The fourth-order valence-corrected chi connectivity index (χ4v) is 2.68. The Balaban J connectivity index is 1.81. The minimum Gasteiger partial charge on any atom is -0.380 e. The van der Waals surface area contributed by atoms with Gasteiger partial charge in [0.2, 0.25) is 0 Å². The molecule has 1 aliphatic heterocycles. The van der Waals surface area contributed by atoms with Gasteiger partial charge in [0.25, 0.3) is 0 Å². The molecule has 0 spiro atoms. The number of nitrogens with two attached hydrogens (primary N) is 1. The van der Waals surface area contributed by atoms with E-state index in [1.165, 1.54) is 12.3 Å². The molecule has 1 aromatic rings. The molecule has 1 aromatic heterocycles. The number of pyridine rings is 1. The van der Waals surface area contributed by atoms with Crippen LogP contribution >= 0.6 is 0 Å². The molecule has 3 atom stereocenters. The molecule has 1 aliphatic rings. The van der Waals surface area contributed by atoms with E-state index in [-0.39, 0.29) is 11.9 Å². The van der Waals surface area contributed by atoms with E-state index in [0.717, 1.165) is 38.2 Å². The van der Waals surface area contributed by atoms with E-state index in [0.29, 0.717) is 12.0 Å². The average Bonchev–Trinajstić information content (AvgIpc) is 2.46. The van der Waals surface area contributed by atoms with Crippen LogP contribution in [0.15, 0.2) is 18.3 Å². The molecule has 2 rings (SSSR count). The van der Waals surface area contributed by atoms with Crippen molar-refractivity contribution >= 4 is 0 Å². The quantitative estimate of drug-likeness (QED) is 0.896. The summed E-state index contributed by atoms with van der Waals surface area (Å²) in [5.74, 6) is 0.289. The lowest BCUT2D eigenvalue weighted by molar-refractivity contribution is -0.00558. The number of hydrogen-bond acceptors (Lipinski definition) is 4. The fourth-order valence-electron chi connectivity index (χ4n) is 2.68. The van der Waals surface area contributed by atoms with Crippen LogP contribution < -0.4 is 5.73 Å². The van der Waals surface area contributed by atoms with E-state index in [4.69, 9.17) is 10.5 Å². The summed E-state index contributed by atoms with van der Waals surface area (Å²) in [6.07, 6.45) is 3.51. The molecule has 0 saturated carbocycles. The number of nitrogens with zero attached hydrogens (tertiary/aromatic N) is 2. The van der Waals surface area contributed by atoms with Crippen molar-refractivity contribution in [1.82, 2.24) is 9.88 Å². The Hall–Kier alpha value is -1.04. The maximum Gasteiger partial charge on any atom is 0.141 e. The summed E-state index contributed by atoms with van der Waals surface area (Å²) in [7, 11) is 1.78. The summed E-state index contributed by atoms with van der Waals surface area (Å²) in [6.45, 7) is 5.21. The van der Waals surface area contributed by atoms with Crippen LogP contribution in [0.1, 0.15) is 31.5 Å². The first-order valence-electron chi connectivity index (χ1n) is 7.22. The Bertz CT molecular complexity index is 412. The second-order valence-electron chi connectivity index (χ2n) is 5.64. The highest BCUT2D eigenvalue weighted by molar-refractivity contribution is 5.09. The van der Waals surface area contributed by atoms with Crippen molar-refractivity contribution in [3.63, 3.8) is 0 Å². The number of methoxy groups -OCH3 is 1. The second-order valence-corrected chi connectivity index (χ2v) is 5.64. The largest absolute Gasteiger partial charge is 0.380 e. The zero-order chi connectivity index (χ0) is 14.5. The van der Waals surface area contributed by atoms with Gasteiger partial charge in [-0.15, -0.1) is 0 Å². The Labute approximate surface area is 120 Å². The van der Waals surface area contributed by atoms with Gasteiger partial charge >= 0.3 is 0 Å². The predicted octanol–water partition coefficient (Wildman–Crippen LogP) is 1.97. The third-order valence-electron chi connectivity index (χ3n) is 4.16.